The Bertz CT molecular complexity index is 660. The van der Waals surface area contributed by atoms with E-state index in [1.165, 1.54) is 18.2 Å². The summed E-state index contributed by atoms with van der Waals surface area (Å²) in [7, 11) is 0. The summed E-state index contributed by atoms with van der Waals surface area (Å²) in [6.07, 6.45) is 5.25. The third-order valence-electron chi connectivity index (χ3n) is 3.85. The van der Waals surface area contributed by atoms with Crippen LogP contribution in [0.5, 0.6) is 0 Å². The number of nitrogen functional groups attached to an aromatic ring is 1. The number of pyridine rings is 1. The number of halogens is 1. The zero-order valence-electron chi connectivity index (χ0n) is 11.5. The van der Waals surface area contributed by atoms with Gasteiger partial charge in [0.1, 0.15) is 5.82 Å². The van der Waals surface area contributed by atoms with E-state index in [9.17, 15) is 9.18 Å². The number of anilines is 1. The molecule has 1 aromatic heterocycles. The molecule has 5 heteroatoms. The number of nitrogens with two attached hydrogens (primary N) is 1. The molecule has 2 aromatic rings. The number of carbonyl (C=O) groups is 1. The molecular formula is C16H16FN3O. The fourth-order valence-corrected chi connectivity index (χ4v) is 2.81. The molecule has 0 bridgehead atoms. The summed E-state index contributed by atoms with van der Waals surface area (Å²) >= 11 is 0. The molecule has 4 nitrogen and oxygen atoms in total. The Morgan fingerprint density at radius 1 is 1.29 bits per heavy atom. The van der Waals surface area contributed by atoms with Crippen molar-refractivity contribution in [2.24, 2.45) is 0 Å². The second-order valence-corrected chi connectivity index (χ2v) is 5.17. The third kappa shape index (κ3) is 2.59. The fourth-order valence-electron chi connectivity index (χ4n) is 2.81. The number of hydrogen-bond donors (Lipinski definition) is 1. The van der Waals surface area contributed by atoms with Crippen LogP contribution >= 0.6 is 0 Å². The van der Waals surface area contributed by atoms with Crippen molar-refractivity contribution >= 4 is 11.6 Å². The summed E-state index contributed by atoms with van der Waals surface area (Å²) < 4.78 is 13.4. The van der Waals surface area contributed by atoms with Gasteiger partial charge in [0, 0.05) is 24.6 Å². The first kappa shape index (κ1) is 13.5. The van der Waals surface area contributed by atoms with Crippen LogP contribution in [0.3, 0.4) is 0 Å². The molecule has 2 heterocycles. The van der Waals surface area contributed by atoms with Gasteiger partial charge in [-0.3, -0.25) is 9.78 Å². The minimum absolute atomic E-state index is 0.00293. The second-order valence-electron chi connectivity index (χ2n) is 5.17. The number of likely N-dealkylation sites (tertiary alicyclic amines) is 1. The van der Waals surface area contributed by atoms with Crippen molar-refractivity contribution in [2.45, 2.75) is 18.9 Å². The van der Waals surface area contributed by atoms with Crippen molar-refractivity contribution in [1.29, 1.82) is 0 Å². The van der Waals surface area contributed by atoms with Gasteiger partial charge in [-0.2, -0.15) is 0 Å². The van der Waals surface area contributed by atoms with E-state index in [1.54, 1.807) is 17.3 Å². The largest absolute Gasteiger partial charge is 0.398 e. The molecule has 1 saturated heterocycles. The van der Waals surface area contributed by atoms with E-state index in [-0.39, 0.29) is 17.5 Å². The smallest absolute Gasteiger partial charge is 0.256 e. The lowest BCUT2D eigenvalue weighted by atomic mass is 10.0. The van der Waals surface area contributed by atoms with Crippen LogP contribution in [0.2, 0.25) is 0 Å². The van der Waals surface area contributed by atoms with E-state index < -0.39 is 5.82 Å². The first-order valence-electron chi connectivity index (χ1n) is 6.93. The Kier molecular flexibility index (Phi) is 3.56. The van der Waals surface area contributed by atoms with Crippen LogP contribution in [0.25, 0.3) is 0 Å². The van der Waals surface area contributed by atoms with E-state index in [4.69, 9.17) is 5.73 Å². The van der Waals surface area contributed by atoms with Crippen molar-refractivity contribution in [1.82, 2.24) is 9.88 Å². The quantitative estimate of drug-likeness (QED) is 0.863. The van der Waals surface area contributed by atoms with Gasteiger partial charge in [0.05, 0.1) is 11.6 Å². The summed E-state index contributed by atoms with van der Waals surface area (Å²) in [4.78, 5) is 18.4. The van der Waals surface area contributed by atoms with E-state index in [1.807, 2.05) is 12.1 Å². The van der Waals surface area contributed by atoms with Crippen LogP contribution in [0.1, 0.15) is 34.8 Å². The van der Waals surface area contributed by atoms with Gasteiger partial charge in [0.25, 0.3) is 5.91 Å². The average molecular weight is 285 g/mol. The number of benzene rings is 1. The monoisotopic (exact) mass is 285 g/mol. The van der Waals surface area contributed by atoms with Gasteiger partial charge in [0.15, 0.2) is 0 Å². The van der Waals surface area contributed by atoms with E-state index >= 15 is 0 Å². The molecule has 2 N–H and O–H groups in total. The number of aromatic nitrogens is 1. The number of hydrogen-bond acceptors (Lipinski definition) is 3. The molecule has 0 saturated carbocycles. The normalized spacial score (nSPS) is 18.0. The first-order chi connectivity index (χ1) is 10.2. The van der Waals surface area contributed by atoms with Gasteiger partial charge in [-0.1, -0.05) is 0 Å². The maximum Gasteiger partial charge on any atom is 0.256 e. The maximum atomic E-state index is 13.4. The fraction of sp³-hybridized carbons (Fsp3) is 0.250. The molecule has 1 fully saturated rings. The molecule has 1 unspecified atom stereocenters. The highest BCUT2D eigenvalue weighted by molar-refractivity contribution is 5.99. The number of amides is 1. The van der Waals surface area contributed by atoms with Crippen LogP contribution in [-0.2, 0) is 0 Å². The Morgan fingerprint density at radius 2 is 2.05 bits per heavy atom. The highest BCUT2D eigenvalue weighted by Gasteiger charge is 2.31. The van der Waals surface area contributed by atoms with Crippen molar-refractivity contribution in [2.75, 3.05) is 12.3 Å². The summed E-state index contributed by atoms with van der Waals surface area (Å²) in [5.41, 5.74) is 7.40. The predicted octanol–water partition coefficient (Wildman–Crippen LogP) is 2.78. The molecule has 1 amide bonds. The Balaban J connectivity index is 1.92. The highest BCUT2D eigenvalue weighted by atomic mass is 19.1. The number of nitrogens with zero attached hydrogens (tertiary/aromatic N) is 2. The standard InChI is InChI=1S/C16H16FN3O/c17-12-3-4-14(18)13(10-12)16(21)20-9-1-2-15(20)11-5-7-19-8-6-11/h3-8,10,15H,1-2,9,18H2. The molecule has 0 aliphatic carbocycles. The molecule has 1 aromatic carbocycles. The lowest BCUT2D eigenvalue weighted by Gasteiger charge is -2.25. The Labute approximate surface area is 122 Å². The minimum atomic E-state index is -0.452. The summed E-state index contributed by atoms with van der Waals surface area (Å²) in [5.74, 6) is -0.668. The summed E-state index contributed by atoms with van der Waals surface area (Å²) in [5, 5.41) is 0. The number of carbonyl (C=O) groups excluding carboxylic acids is 1. The highest BCUT2D eigenvalue weighted by Crippen LogP contribution is 2.33. The van der Waals surface area contributed by atoms with Crippen LogP contribution in [-0.4, -0.2) is 22.3 Å². The molecule has 108 valence electrons. The second kappa shape index (κ2) is 5.52. The molecule has 0 spiro atoms. The third-order valence-corrected chi connectivity index (χ3v) is 3.85. The van der Waals surface area contributed by atoms with Crippen molar-refractivity contribution in [3.8, 4) is 0 Å². The van der Waals surface area contributed by atoms with Crippen LogP contribution in [0, 0.1) is 5.82 Å². The number of rotatable bonds is 2. The van der Waals surface area contributed by atoms with Gasteiger partial charge in [-0.25, -0.2) is 4.39 Å². The maximum absolute atomic E-state index is 13.4. The van der Waals surface area contributed by atoms with Crippen molar-refractivity contribution < 1.29 is 9.18 Å². The van der Waals surface area contributed by atoms with Crippen molar-refractivity contribution in [3.63, 3.8) is 0 Å². The van der Waals surface area contributed by atoms with Gasteiger partial charge in [-0.15, -0.1) is 0 Å². The Morgan fingerprint density at radius 3 is 2.81 bits per heavy atom. The molecule has 1 atom stereocenters. The van der Waals surface area contributed by atoms with E-state index in [2.05, 4.69) is 4.98 Å². The van der Waals surface area contributed by atoms with Crippen molar-refractivity contribution in [3.05, 3.63) is 59.7 Å². The van der Waals surface area contributed by atoms with Gasteiger partial charge in [0.2, 0.25) is 0 Å². The first-order valence-corrected chi connectivity index (χ1v) is 6.93. The van der Waals surface area contributed by atoms with Crippen LogP contribution in [0.4, 0.5) is 10.1 Å². The zero-order valence-corrected chi connectivity index (χ0v) is 11.5. The average Bonchev–Trinajstić information content (AvgIpc) is 2.99. The predicted molar refractivity (Wildman–Crippen MR) is 78.1 cm³/mol. The lowest BCUT2D eigenvalue weighted by molar-refractivity contribution is 0.0736. The van der Waals surface area contributed by atoms with Gasteiger partial charge < -0.3 is 10.6 Å². The molecule has 1 aliphatic rings. The SMILES string of the molecule is Nc1ccc(F)cc1C(=O)N1CCCC1c1ccncc1. The van der Waals surface area contributed by atoms with Crippen LogP contribution in [0.15, 0.2) is 42.7 Å². The summed E-state index contributed by atoms with van der Waals surface area (Å²) in [6, 6.07) is 7.72. The summed E-state index contributed by atoms with van der Waals surface area (Å²) in [6.45, 7) is 0.655. The van der Waals surface area contributed by atoms with E-state index in [0.717, 1.165) is 18.4 Å². The molecular weight excluding hydrogens is 269 g/mol. The zero-order chi connectivity index (χ0) is 14.8. The van der Waals surface area contributed by atoms with Gasteiger partial charge >= 0.3 is 0 Å². The minimum Gasteiger partial charge on any atom is -0.398 e. The molecule has 21 heavy (non-hydrogen) atoms. The lowest BCUT2D eigenvalue weighted by Crippen LogP contribution is -2.31. The molecule has 3 rings (SSSR count). The van der Waals surface area contributed by atoms with Gasteiger partial charge in [-0.05, 0) is 48.7 Å². The van der Waals surface area contributed by atoms with E-state index in [0.29, 0.717) is 12.2 Å². The topological polar surface area (TPSA) is 59.2 Å². The Hall–Kier alpha value is -2.43. The molecule has 0 radical (unpaired) electrons. The van der Waals surface area contributed by atoms with Crippen LogP contribution < -0.4 is 5.73 Å². The molecule has 1 aliphatic heterocycles.